The van der Waals surface area contributed by atoms with Crippen molar-refractivity contribution in [3.8, 4) is 0 Å². The molecule has 14 heavy (non-hydrogen) atoms. The van der Waals surface area contributed by atoms with Gasteiger partial charge in [0.2, 0.25) is 0 Å². The first-order chi connectivity index (χ1) is 6.50. The normalized spacial score (nSPS) is 12.3. The van der Waals surface area contributed by atoms with Gasteiger partial charge in [-0.05, 0) is 25.1 Å². The average Bonchev–Trinajstić information content (AvgIpc) is 2.01. The Labute approximate surface area is 100.0 Å². The SMILES string of the molecule is C[C@@H](I)NC(=O)c1ccc(Cl)cc1F. The molecular weight excluding hydrogens is 319 g/mol. The van der Waals surface area contributed by atoms with E-state index in [-0.39, 0.29) is 14.6 Å². The Kier molecular flexibility index (Phi) is 4.12. The quantitative estimate of drug-likeness (QED) is 0.505. The second-order valence-corrected chi connectivity index (χ2v) is 5.02. The van der Waals surface area contributed by atoms with Crippen molar-refractivity contribution >= 4 is 40.1 Å². The van der Waals surface area contributed by atoms with E-state index in [1.165, 1.54) is 12.1 Å². The highest BCUT2D eigenvalue weighted by Crippen LogP contribution is 2.14. The van der Waals surface area contributed by atoms with Crippen LogP contribution in [-0.2, 0) is 0 Å². The van der Waals surface area contributed by atoms with Gasteiger partial charge in [0.05, 0.1) is 9.61 Å². The number of carbonyl (C=O) groups is 1. The Hall–Kier alpha value is -0.360. The second-order valence-electron chi connectivity index (χ2n) is 2.71. The van der Waals surface area contributed by atoms with Crippen LogP contribution in [0.2, 0.25) is 5.02 Å². The second kappa shape index (κ2) is 4.93. The zero-order valence-corrected chi connectivity index (χ0v) is 10.3. The lowest BCUT2D eigenvalue weighted by atomic mass is 10.2. The molecule has 0 fully saturated rings. The summed E-state index contributed by atoms with van der Waals surface area (Å²) in [6.45, 7) is 1.80. The van der Waals surface area contributed by atoms with Gasteiger partial charge in [-0.2, -0.15) is 0 Å². The minimum absolute atomic E-state index is 0.0120. The van der Waals surface area contributed by atoms with Crippen molar-refractivity contribution in [2.24, 2.45) is 0 Å². The molecular formula is C9H8ClFINO. The van der Waals surface area contributed by atoms with E-state index >= 15 is 0 Å². The molecule has 1 atom stereocenters. The number of amides is 1. The van der Waals surface area contributed by atoms with E-state index in [1.807, 2.05) is 22.6 Å². The topological polar surface area (TPSA) is 29.1 Å². The van der Waals surface area contributed by atoms with Crippen LogP contribution >= 0.6 is 34.2 Å². The first-order valence-corrected chi connectivity index (χ1v) is 5.53. The summed E-state index contributed by atoms with van der Waals surface area (Å²) < 4.78 is 13.2. The molecule has 0 aliphatic carbocycles. The van der Waals surface area contributed by atoms with Gasteiger partial charge in [-0.15, -0.1) is 0 Å². The number of nitrogens with one attached hydrogen (secondary N) is 1. The van der Waals surface area contributed by atoms with Gasteiger partial charge in [0, 0.05) is 5.02 Å². The highest BCUT2D eigenvalue weighted by Gasteiger charge is 2.12. The van der Waals surface area contributed by atoms with Gasteiger partial charge >= 0.3 is 0 Å². The zero-order chi connectivity index (χ0) is 10.7. The third kappa shape index (κ3) is 3.09. The fourth-order valence-electron chi connectivity index (χ4n) is 0.932. The van der Waals surface area contributed by atoms with E-state index in [0.29, 0.717) is 0 Å². The molecule has 1 aromatic carbocycles. The smallest absolute Gasteiger partial charge is 0.255 e. The molecule has 1 N–H and O–H groups in total. The Morgan fingerprint density at radius 1 is 1.64 bits per heavy atom. The Morgan fingerprint density at radius 2 is 2.29 bits per heavy atom. The number of benzene rings is 1. The number of halogens is 3. The average molecular weight is 328 g/mol. The van der Waals surface area contributed by atoms with Crippen LogP contribution in [0.4, 0.5) is 4.39 Å². The van der Waals surface area contributed by atoms with Crippen LogP contribution in [-0.4, -0.2) is 9.96 Å². The van der Waals surface area contributed by atoms with E-state index in [1.54, 1.807) is 6.92 Å². The first kappa shape index (κ1) is 11.7. The molecule has 0 bridgehead atoms. The van der Waals surface area contributed by atoms with Crippen molar-refractivity contribution < 1.29 is 9.18 Å². The maximum absolute atomic E-state index is 13.2. The summed E-state index contributed by atoms with van der Waals surface area (Å²) in [7, 11) is 0. The van der Waals surface area contributed by atoms with Gasteiger partial charge in [-0.3, -0.25) is 4.79 Å². The standard InChI is InChI=1S/C9H8ClFINO/c1-5(12)13-9(14)7-3-2-6(10)4-8(7)11/h2-5H,1H3,(H,13,14)/t5-/m0/s1. The van der Waals surface area contributed by atoms with Crippen molar-refractivity contribution in [3.63, 3.8) is 0 Å². The van der Waals surface area contributed by atoms with Gasteiger partial charge in [0.1, 0.15) is 5.82 Å². The molecule has 0 saturated heterocycles. The van der Waals surface area contributed by atoms with Gasteiger partial charge in [0.15, 0.2) is 0 Å². The third-order valence-corrected chi connectivity index (χ3v) is 2.05. The van der Waals surface area contributed by atoms with Gasteiger partial charge < -0.3 is 5.32 Å². The summed E-state index contributed by atoms with van der Waals surface area (Å²) in [5, 5.41) is 2.86. The Balaban J connectivity index is 2.90. The van der Waals surface area contributed by atoms with Gasteiger partial charge in [-0.25, -0.2) is 4.39 Å². The predicted molar refractivity (Wildman–Crippen MR) is 62.4 cm³/mol. The first-order valence-electron chi connectivity index (χ1n) is 3.90. The largest absolute Gasteiger partial charge is 0.341 e. The molecule has 0 radical (unpaired) electrons. The minimum atomic E-state index is -0.605. The third-order valence-electron chi connectivity index (χ3n) is 1.51. The number of alkyl halides is 1. The van der Waals surface area contributed by atoms with E-state index in [2.05, 4.69) is 5.32 Å². The molecule has 5 heteroatoms. The van der Waals surface area contributed by atoms with Crippen LogP contribution < -0.4 is 5.32 Å². The van der Waals surface area contributed by atoms with Crippen LogP contribution in [0.3, 0.4) is 0 Å². The molecule has 0 aliphatic heterocycles. The molecule has 76 valence electrons. The number of hydrogen-bond donors (Lipinski definition) is 1. The molecule has 0 saturated carbocycles. The minimum Gasteiger partial charge on any atom is -0.341 e. The number of hydrogen-bond acceptors (Lipinski definition) is 1. The van der Waals surface area contributed by atoms with Crippen molar-refractivity contribution in [1.82, 2.24) is 5.32 Å². The summed E-state index contributed by atoms with van der Waals surface area (Å²) in [5.41, 5.74) is 0.0120. The Morgan fingerprint density at radius 3 is 2.79 bits per heavy atom. The summed E-state index contributed by atoms with van der Waals surface area (Å²) >= 11 is 7.58. The van der Waals surface area contributed by atoms with Crippen molar-refractivity contribution in [2.75, 3.05) is 0 Å². The summed E-state index contributed by atoms with van der Waals surface area (Å²) in [5.74, 6) is -1.03. The Bertz CT molecular complexity index is 357. The fraction of sp³-hybridized carbons (Fsp3) is 0.222. The van der Waals surface area contributed by atoms with E-state index in [9.17, 15) is 9.18 Å². The van der Waals surface area contributed by atoms with Gasteiger partial charge in [0.25, 0.3) is 5.91 Å². The van der Waals surface area contributed by atoms with E-state index < -0.39 is 11.7 Å². The molecule has 1 aromatic rings. The maximum Gasteiger partial charge on any atom is 0.255 e. The predicted octanol–water partition coefficient (Wildman–Crippen LogP) is 2.99. The van der Waals surface area contributed by atoms with Crippen LogP contribution in [0.15, 0.2) is 18.2 Å². The van der Waals surface area contributed by atoms with Gasteiger partial charge in [-0.1, -0.05) is 34.2 Å². The summed E-state index contributed by atoms with van der Waals surface area (Å²) in [4.78, 5) is 11.4. The van der Waals surface area contributed by atoms with Crippen molar-refractivity contribution in [1.29, 1.82) is 0 Å². The molecule has 0 unspecified atom stereocenters. The van der Waals surface area contributed by atoms with Crippen LogP contribution in [0.1, 0.15) is 17.3 Å². The molecule has 1 amide bonds. The monoisotopic (exact) mass is 327 g/mol. The molecule has 0 aromatic heterocycles. The summed E-state index contributed by atoms with van der Waals surface area (Å²) in [6, 6.07) is 3.97. The highest BCUT2D eigenvalue weighted by molar-refractivity contribution is 14.1. The fourth-order valence-corrected chi connectivity index (χ4v) is 1.37. The zero-order valence-electron chi connectivity index (χ0n) is 7.35. The van der Waals surface area contributed by atoms with Crippen LogP contribution in [0.25, 0.3) is 0 Å². The van der Waals surface area contributed by atoms with Crippen LogP contribution in [0, 0.1) is 5.82 Å². The molecule has 1 rings (SSSR count). The van der Waals surface area contributed by atoms with Crippen LogP contribution in [0.5, 0.6) is 0 Å². The lowest BCUT2D eigenvalue weighted by molar-refractivity contribution is 0.0949. The number of rotatable bonds is 2. The molecule has 2 nitrogen and oxygen atoms in total. The highest BCUT2D eigenvalue weighted by atomic mass is 127. The van der Waals surface area contributed by atoms with Crippen molar-refractivity contribution in [2.45, 2.75) is 11.0 Å². The maximum atomic E-state index is 13.2. The lowest BCUT2D eigenvalue weighted by Gasteiger charge is -2.07. The van der Waals surface area contributed by atoms with Crippen molar-refractivity contribution in [3.05, 3.63) is 34.6 Å². The number of carbonyl (C=O) groups excluding carboxylic acids is 1. The molecule has 0 aliphatic rings. The lowest BCUT2D eigenvalue weighted by Crippen LogP contribution is -2.28. The summed E-state index contributed by atoms with van der Waals surface area (Å²) in [6.07, 6.45) is 0. The van der Waals surface area contributed by atoms with E-state index in [4.69, 9.17) is 11.6 Å². The molecule has 0 spiro atoms. The molecule has 0 heterocycles. The van der Waals surface area contributed by atoms with E-state index in [0.717, 1.165) is 6.07 Å².